The molecule has 2 unspecified atom stereocenters. The van der Waals surface area contributed by atoms with E-state index in [1.54, 1.807) is 0 Å². The Bertz CT molecular complexity index is 1420. The first-order chi connectivity index (χ1) is 17.2. The van der Waals surface area contributed by atoms with Crippen LogP contribution in [0.5, 0.6) is 0 Å². The molecule has 0 bridgehead atoms. The van der Waals surface area contributed by atoms with E-state index in [4.69, 9.17) is 34.8 Å². The van der Waals surface area contributed by atoms with Crippen molar-refractivity contribution in [1.82, 2.24) is 0 Å². The number of benzene rings is 3. The lowest BCUT2D eigenvalue weighted by atomic mass is 10.0. The predicted octanol–water partition coefficient (Wildman–Crippen LogP) is 8.18. The number of carbonyl (C=O) groups excluding carboxylic acids is 2. The Kier molecular flexibility index (Phi) is 7.51. The lowest BCUT2D eigenvalue weighted by Gasteiger charge is -2.11. The Balaban J connectivity index is 1.53. The third-order valence-electron chi connectivity index (χ3n) is 5.60. The summed E-state index contributed by atoms with van der Waals surface area (Å²) in [6.07, 6.45) is -4.62. The molecule has 37 heavy (non-hydrogen) atoms. The van der Waals surface area contributed by atoms with Crippen LogP contribution in [0.15, 0.2) is 59.1 Å². The third-order valence-corrected chi connectivity index (χ3v) is 7.33. The second kappa shape index (κ2) is 10.1. The Morgan fingerprint density at radius 1 is 0.946 bits per heavy atom. The Labute approximate surface area is 230 Å². The average molecular weight is 643 g/mol. The van der Waals surface area contributed by atoms with E-state index in [1.165, 1.54) is 24.3 Å². The normalized spacial score (nSPS) is 18.3. The molecule has 0 radical (unpaired) electrons. The molecule has 0 saturated heterocycles. The van der Waals surface area contributed by atoms with Gasteiger partial charge in [0.15, 0.2) is 0 Å². The van der Waals surface area contributed by atoms with Crippen LogP contribution < -0.4 is 10.6 Å². The Morgan fingerprint density at radius 2 is 1.65 bits per heavy atom. The fourth-order valence-electron chi connectivity index (χ4n) is 3.80. The summed E-state index contributed by atoms with van der Waals surface area (Å²) in [4.78, 5) is 25.6. The number of hydrogen-bond acceptors (Lipinski definition) is 2. The minimum atomic E-state index is -4.62. The smallest absolute Gasteiger partial charge is 0.326 e. The van der Waals surface area contributed by atoms with Gasteiger partial charge in [-0.15, -0.1) is 23.2 Å². The van der Waals surface area contributed by atoms with Crippen LogP contribution in [-0.4, -0.2) is 16.1 Å². The van der Waals surface area contributed by atoms with Gasteiger partial charge in [0.05, 0.1) is 27.8 Å². The first-order valence-corrected chi connectivity index (χ1v) is 12.2. The number of nitrogens with one attached hydrogen (secondary N) is 2. The van der Waals surface area contributed by atoms with E-state index in [1.807, 2.05) is 0 Å². The minimum absolute atomic E-state index is 0.0276. The van der Waals surface area contributed by atoms with Crippen LogP contribution in [-0.2, 0) is 11.0 Å². The van der Waals surface area contributed by atoms with Crippen molar-refractivity contribution in [2.75, 3.05) is 10.6 Å². The van der Waals surface area contributed by atoms with Crippen molar-refractivity contribution in [1.29, 1.82) is 0 Å². The molecule has 2 amide bonds. The summed E-state index contributed by atoms with van der Waals surface area (Å²) in [5.74, 6) is -5.42. The molecule has 13 heteroatoms. The van der Waals surface area contributed by atoms with E-state index in [0.717, 1.165) is 24.3 Å². The number of anilines is 2. The van der Waals surface area contributed by atoms with Crippen LogP contribution in [0.2, 0.25) is 5.02 Å². The second-order valence-electron chi connectivity index (χ2n) is 8.16. The monoisotopic (exact) mass is 640 g/mol. The van der Waals surface area contributed by atoms with Gasteiger partial charge < -0.3 is 10.6 Å². The lowest BCUT2D eigenvalue weighted by Crippen LogP contribution is -2.18. The molecule has 4 nitrogen and oxygen atoms in total. The highest BCUT2D eigenvalue weighted by Crippen LogP contribution is 2.65. The maximum atomic E-state index is 13.9. The van der Waals surface area contributed by atoms with Crippen LogP contribution in [0.3, 0.4) is 0 Å². The molecule has 1 aliphatic carbocycles. The molecule has 3 aromatic rings. The zero-order chi connectivity index (χ0) is 27.3. The average Bonchev–Trinajstić information content (AvgIpc) is 3.38. The number of alkyl halides is 5. The Hall–Kier alpha value is -2.40. The topological polar surface area (TPSA) is 58.2 Å². The summed E-state index contributed by atoms with van der Waals surface area (Å²) < 4.78 is 65.2. The SMILES string of the molecule is O=C(Nc1ccc(F)cc1F)c1cc(NC(=O)C2C(c3cc(Br)cc(C(F)(F)F)c3)C2(Cl)Cl)ccc1Cl. The highest BCUT2D eigenvalue weighted by molar-refractivity contribution is 9.10. The van der Waals surface area contributed by atoms with E-state index in [9.17, 15) is 31.5 Å². The van der Waals surface area contributed by atoms with E-state index in [0.29, 0.717) is 6.07 Å². The van der Waals surface area contributed by atoms with Crippen LogP contribution in [0.25, 0.3) is 0 Å². The molecule has 0 spiro atoms. The van der Waals surface area contributed by atoms with Gasteiger partial charge in [0, 0.05) is 22.1 Å². The largest absolute Gasteiger partial charge is 0.416 e. The third kappa shape index (κ3) is 5.87. The quantitative estimate of drug-likeness (QED) is 0.218. The van der Waals surface area contributed by atoms with Crippen molar-refractivity contribution in [3.8, 4) is 0 Å². The molecule has 194 valence electrons. The van der Waals surface area contributed by atoms with Gasteiger partial charge in [0.2, 0.25) is 5.91 Å². The molecule has 1 saturated carbocycles. The number of amides is 2. The van der Waals surface area contributed by atoms with Gasteiger partial charge in [-0.05, 0) is 54.1 Å². The molecule has 0 aliphatic heterocycles. The molecule has 2 N–H and O–H groups in total. The molecule has 0 aromatic heterocycles. The summed E-state index contributed by atoms with van der Waals surface area (Å²) in [7, 11) is 0. The lowest BCUT2D eigenvalue weighted by molar-refractivity contribution is -0.137. The fraction of sp³-hybridized carbons (Fsp3) is 0.167. The van der Waals surface area contributed by atoms with Gasteiger partial charge in [0.1, 0.15) is 16.0 Å². The maximum Gasteiger partial charge on any atom is 0.416 e. The van der Waals surface area contributed by atoms with E-state index in [-0.39, 0.29) is 32.0 Å². The molecule has 3 aromatic carbocycles. The number of carbonyl (C=O) groups is 2. The van der Waals surface area contributed by atoms with Gasteiger partial charge >= 0.3 is 6.18 Å². The van der Waals surface area contributed by atoms with E-state index < -0.39 is 51.4 Å². The summed E-state index contributed by atoms with van der Waals surface area (Å²) in [5.41, 5.74) is -1.15. The minimum Gasteiger partial charge on any atom is -0.326 e. The fourth-order valence-corrected chi connectivity index (χ4v) is 5.34. The van der Waals surface area contributed by atoms with Crippen molar-refractivity contribution >= 4 is 73.9 Å². The Morgan fingerprint density at radius 3 is 2.30 bits per heavy atom. The summed E-state index contributed by atoms with van der Waals surface area (Å²) >= 11 is 21.7. The van der Waals surface area contributed by atoms with Crippen molar-refractivity contribution in [3.63, 3.8) is 0 Å². The van der Waals surface area contributed by atoms with Gasteiger partial charge in [-0.25, -0.2) is 8.78 Å². The van der Waals surface area contributed by atoms with Gasteiger partial charge in [-0.2, -0.15) is 13.2 Å². The van der Waals surface area contributed by atoms with Crippen molar-refractivity contribution in [2.45, 2.75) is 16.4 Å². The van der Waals surface area contributed by atoms with E-state index in [2.05, 4.69) is 26.6 Å². The molecule has 1 fully saturated rings. The molecular formula is C24H13BrCl3F5N2O2. The number of hydrogen-bond donors (Lipinski definition) is 2. The molecule has 4 rings (SSSR count). The summed E-state index contributed by atoms with van der Waals surface area (Å²) in [6.45, 7) is 0. The van der Waals surface area contributed by atoms with Crippen molar-refractivity contribution in [2.24, 2.45) is 5.92 Å². The molecule has 2 atom stereocenters. The zero-order valence-electron chi connectivity index (χ0n) is 18.1. The summed E-state index contributed by atoms with van der Waals surface area (Å²) in [6, 6.07) is 9.62. The summed E-state index contributed by atoms with van der Waals surface area (Å²) in [5, 5.41) is 4.75. The molecular weight excluding hydrogens is 630 g/mol. The van der Waals surface area contributed by atoms with E-state index >= 15 is 0 Å². The maximum absolute atomic E-state index is 13.9. The highest BCUT2D eigenvalue weighted by Gasteiger charge is 2.67. The second-order valence-corrected chi connectivity index (χ2v) is 10.9. The molecule has 1 aliphatic rings. The van der Waals surface area contributed by atoms with Gasteiger partial charge in [-0.1, -0.05) is 27.5 Å². The van der Waals surface area contributed by atoms with Crippen LogP contribution in [0.4, 0.5) is 33.3 Å². The van der Waals surface area contributed by atoms with Crippen LogP contribution >= 0.6 is 50.7 Å². The van der Waals surface area contributed by atoms with Gasteiger partial charge in [0.25, 0.3) is 5.91 Å². The zero-order valence-corrected chi connectivity index (χ0v) is 21.9. The van der Waals surface area contributed by atoms with Gasteiger partial charge in [-0.3, -0.25) is 9.59 Å². The van der Waals surface area contributed by atoms with Crippen LogP contribution in [0, 0.1) is 17.6 Å². The highest BCUT2D eigenvalue weighted by atomic mass is 79.9. The first kappa shape index (κ1) is 27.6. The molecule has 0 heterocycles. The standard InChI is InChI=1S/C24H13BrCl3F5N2O2/c25-12-6-10(5-11(7-12)24(31,32)33)19-20(23(19,27)28)22(37)34-14-2-3-16(26)15(9-14)21(36)35-18-4-1-13(29)8-17(18)30/h1-9,19-20H,(H,34,37)(H,35,36). The van der Waals surface area contributed by atoms with Crippen LogP contribution in [0.1, 0.15) is 27.4 Å². The predicted molar refractivity (Wildman–Crippen MR) is 134 cm³/mol. The first-order valence-electron chi connectivity index (χ1n) is 10.3. The number of halogens is 9. The van der Waals surface area contributed by atoms with Crippen molar-refractivity contribution in [3.05, 3.63) is 92.4 Å². The van der Waals surface area contributed by atoms with Crippen molar-refractivity contribution < 1.29 is 31.5 Å². The number of rotatable bonds is 5.